The molecular formula is C11H21NS. The maximum Gasteiger partial charge on any atom is 0.0157 e. The number of thioether (sulfide) groups is 1. The molecule has 0 amide bonds. The van der Waals surface area contributed by atoms with E-state index in [2.05, 4.69) is 30.9 Å². The van der Waals surface area contributed by atoms with Crippen molar-refractivity contribution in [3.63, 3.8) is 0 Å². The summed E-state index contributed by atoms with van der Waals surface area (Å²) >= 11 is 2.12. The summed E-state index contributed by atoms with van der Waals surface area (Å²) in [5.74, 6) is 3.71. The molecule has 0 radical (unpaired) electrons. The summed E-state index contributed by atoms with van der Waals surface area (Å²) in [6, 6.07) is 0.744. The van der Waals surface area contributed by atoms with Gasteiger partial charge in [0.25, 0.3) is 0 Å². The highest BCUT2D eigenvalue weighted by Gasteiger charge is 2.39. The van der Waals surface area contributed by atoms with E-state index in [1.807, 2.05) is 0 Å². The average molecular weight is 199 g/mol. The number of hydrogen-bond acceptors (Lipinski definition) is 2. The van der Waals surface area contributed by atoms with Crippen molar-refractivity contribution >= 4 is 11.8 Å². The Morgan fingerprint density at radius 3 is 2.46 bits per heavy atom. The molecule has 0 aromatic heterocycles. The third-order valence-electron chi connectivity index (χ3n) is 3.55. The van der Waals surface area contributed by atoms with Gasteiger partial charge >= 0.3 is 0 Å². The van der Waals surface area contributed by atoms with Gasteiger partial charge in [0.1, 0.15) is 0 Å². The standard InChI is InChI=1S/C11H21NS/c1-9(12-11(2)5-6-11)10-3-7-13-8-4-10/h9-10,12H,3-8H2,1-2H3. The first kappa shape index (κ1) is 9.85. The summed E-state index contributed by atoms with van der Waals surface area (Å²) in [7, 11) is 0. The number of rotatable bonds is 3. The first-order valence-electron chi connectivity index (χ1n) is 5.55. The van der Waals surface area contributed by atoms with Crippen LogP contribution in [0.25, 0.3) is 0 Å². The van der Waals surface area contributed by atoms with E-state index >= 15 is 0 Å². The molecule has 1 N–H and O–H groups in total. The number of hydrogen-bond donors (Lipinski definition) is 1. The maximum atomic E-state index is 3.79. The quantitative estimate of drug-likeness (QED) is 0.750. The largest absolute Gasteiger partial charge is 0.309 e. The Morgan fingerprint density at radius 1 is 1.31 bits per heavy atom. The molecule has 1 atom stereocenters. The highest BCUT2D eigenvalue weighted by Crippen LogP contribution is 2.36. The SMILES string of the molecule is CC(NC1(C)CC1)C1CCSCC1. The molecule has 13 heavy (non-hydrogen) atoms. The van der Waals surface area contributed by atoms with Gasteiger partial charge in [-0.15, -0.1) is 0 Å². The molecular weight excluding hydrogens is 178 g/mol. The van der Waals surface area contributed by atoms with E-state index in [-0.39, 0.29) is 0 Å². The van der Waals surface area contributed by atoms with Crippen molar-refractivity contribution in [1.29, 1.82) is 0 Å². The van der Waals surface area contributed by atoms with Crippen molar-refractivity contribution in [2.45, 2.75) is 51.1 Å². The first-order chi connectivity index (χ1) is 6.20. The predicted molar refractivity (Wildman–Crippen MR) is 60.3 cm³/mol. The van der Waals surface area contributed by atoms with Crippen LogP contribution in [0.5, 0.6) is 0 Å². The van der Waals surface area contributed by atoms with E-state index in [1.54, 1.807) is 0 Å². The molecule has 1 nitrogen and oxygen atoms in total. The Bertz CT molecular complexity index is 171. The van der Waals surface area contributed by atoms with Crippen LogP contribution in [0.15, 0.2) is 0 Å². The molecule has 0 aromatic carbocycles. The summed E-state index contributed by atoms with van der Waals surface area (Å²) in [6.07, 6.45) is 5.63. The summed E-state index contributed by atoms with van der Waals surface area (Å²) in [5, 5.41) is 3.79. The lowest BCUT2D eigenvalue weighted by Crippen LogP contribution is -2.42. The van der Waals surface area contributed by atoms with E-state index in [1.165, 1.54) is 37.2 Å². The van der Waals surface area contributed by atoms with Crippen molar-refractivity contribution in [2.75, 3.05) is 11.5 Å². The minimum atomic E-state index is 0.518. The van der Waals surface area contributed by atoms with Gasteiger partial charge in [0.15, 0.2) is 0 Å². The normalized spacial score (nSPS) is 30.0. The summed E-state index contributed by atoms with van der Waals surface area (Å²) in [4.78, 5) is 0. The zero-order valence-corrected chi connectivity index (χ0v) is 9.62. The summed E-state index contributed by atoms with van der Waals surface area (Å²) < 4.78 is 0. The van der Waals surface area contributed by atoms with Gasteiger partial charge in [-0.25, -0.2) is 0 Å². The Balaban J connectivity index is 1.77. The first-order valence-corrected chi connectivity index (χ1v) is 6.71. The Labute approximate surface area is 86.0 Å². The van der Waals surface area contributed by atoms with E-state index in [0.29, 0.717) is 5.54 Å². The zero-order valence-electron chi connectivity index (χ0n) is 8.81. The zero-order chi connectivity index (χ0) is 9.31. The molecule has 1 aliphatic heterocycles. The van der Waals surface area contributed by atoms with Crippen molar-refractivity contribution in [1.82, 2.24) is 5.32 Å². The van der Waals surface area contributed by atoms with Crippen LogP contribution in [-0.2, 0) is 0 Å². The van der Waals surface area contributed by atoms with E-state index < -0.39 is 0 Å². The smallest absolute Gasteiger partial charge is 0.0157 e. The molecule has 1 heterocycles. The molecule has 0 bridgehead atoms. The lowest BCUT2D eigenvalue weighted by molar-refractivity contribution is 0.319. The molecule has 76 valence electrons. The lowest BCUT2D eigenvalue weighted by Gasteiger charge is -2.30. The van der Waals surface area contributed by atoms with Gasteiger partial charge in [0, 0.05) is 11.6 Å². The van der Waals surface area contributed by atoms with Gasteiger partial charge < -0.3 is 5.32 Å². The molecule has 1 saturated carbocycles. The fourth-order valence-electron chi connectivity index (χ4n) is 2.22. The van der Waals surface area contributed by atoms with Crippen LogP contribution < -0.4 is 5.32 Å². The lowest BCUT2D eigenvalue weighted by atomic mass is 9.94. The fourth-order valence-corrected chi connectivity index (χ4v) is 3.36. The van der Waals surface area contributed by atoms with Crippen LogP contribution in [-0.4, -0.2) is 23.1 Å². The van der Waals surface area contributed by atoms with Crippen molar-refractivity contribution in [3.8, 4) is 0 Å². The van der Waals surface area contributed by atoms with E-state index in [4.69, 9.17) is 0 Å². The highest BCUT2D eigenvalue weighted by atomic mass is 32.2. The van der Waals surface area contributed by atoms with Gasteiger partial charge in [-0.1, -0.05) is 0 Å². The molecule has 0 aromatic rings. The van der Waals surface area contributed by atoms with Gasteiger partial charge in [-0.3, -0.25) is 0 Å². The second kappa shape index (κ2) is 3.82. The van der Waals surface area contributed by atoms with Crippen molar-refractivity contribution < 1.29 is 0 Å². The van der Waals surface area contributed by atoms with Crippen LogP contribution in [0.4, 0.5) is 0 Å². The molecule has 0 spiro atoms. The second-order valence-electron chi connectivity index (χ2n) is 4.94. The van der Waals surface area contributed by atoms with Crippen LogP contribution in [0.1, 0.15) is 39.5 Å². The van der Waals surface area contributed by atoms with Gasteiger partial charge in [-0.2, -0.15) is 11.8 Å². The minimum absolute atomic E-state index is 0.518. The molecule has 2 fully saturated rings. The van der Waals surface area contributed by atoms with Gasteiger partial charge in [0.05, 0.1) is 0 Å². The molecule has 1 unspecified atom stereocenters. The minimum Gasteiger partial charge on any atom is -0.309 e. The Kier molecular flexibility index (Phi) is 2.89. The predicted octanol–water partition coefficient (Wildman–Crippen LogP) is 2.66. The third kappa shape index (κ3) is 2.63. The van der Waals surface area contributed by atoms with E-state index in [9.17, 15) is 0 Å². The Hall–Kier alpha value is 0.310. The van der Waals surface area contributed by atoms with E-state index in [0.717, 1.165) is 12.0 Å². The van der Waals surface area contributed by atoms with Gasteiger partial charge in [0.2, 0.25) is 0 Å². The molecule has 2 heteroatoms. The number of nitrogens with one attached hydrogen (secondary N) is 1. The molecule has 2 aliphatic rings. The van der Waals surface area contributed by atoms with Crippen LogP contribution in [0.3, 0.4) is 0 Å². The molecule has 1 aliphatic carbocycles. The summed E-state index contributed by atoms with van der Waals surface area (Å²) in [5.41, 5.74) is 0.518. The molecule has 2 rings (SSSR count). The topological polar surface area (TPSA) is 12.0 Å². The van der Waals surface area contributed by atoms with Crippen LogP contribution in [0, 0.1) is 5.92 Å². The monoisotopic (exact) mass is 199 g/mol. The third-order valence-corrected chi connectivity index (χ3v) is 4.60. The Morgan fingerprint density at radius 2 is 1.92 bits per heavy atom. The van der Waals surface area contributed by atoms with Crippen molar-refractivity contribution in [3.05, 3.63) is 0 Å². The maximum absolute atomic E-state index is 3.79. The second-order valence-corrected chi connectivity index (χ2v) is 6.17. The van der Waals surface area contributed by atoms with Crippen molar-refractivity contribution in [2.24, 2.45) is 5.92 Å². The summed E-state index contributed by atoms with van der Waals surface area (Å²) in [6.45, 7) is 4.74. The van der Waals surface area contributed by atoms with Crippen LogP contribution >= 0.6 is 11.8 Å². The average Bonchev–Trinajstić information content (AvgIpc) is 2.85. The van der Waals surface area contributed by atoms with Gasteiger partial charge in [-0.05, 0) is 57.0 Å². The fraction of sp³-hybridized carbons (Fsp3) is 1.00. The van der Waals surface area contributed by atoms with Crippen LogP contribution in [0.2, 0.25) is 0 Å². The molecule has 1 saturated heterocycles. The highest BCUT2D eigenvalue weighted by molar-refractivity contribution is 7.99.